The molecule has 0 saturated carbocycles. The third-order valence-electron chi connectivity index (χ3n) is 4.39. The van der Waals surface area contributed by atoms with E-state index in [9.17, 15) is 0 Å². The Hall–Kier alpha value is -1.46. The molecule has 23 heavy (non-hydrogen) atoms. The van der Waals surface area contributed by atoms with Crippen LogP contribution in [-0.4, -0.2) is 70.4 Å². The van der Waals surface area contributed by atoms with Crippen LogP contribution < -0.4 is 14.2 Å². The lowest BCUT2D eigenvalue weighted by molar-refractivity contribution is 0.144. The van der Waals surface area contributed by atoms with Crippen LogP contribution in [0.4, 0.5) is 0 Å². The van der Waals surface area contributed by atoms with Crippen LogP contribution in [0, 0.1) is 0 Å². The van der Waals surface area contributed by atoms with Crippen molar-refractivity contribution in [3.63, 3.8) is 0 Å². The van der Waals surface area contributed by atoms with Gasteiger partial charge in [0.25, 0.3) is 0 Å². The van der Waals surface area contributed by atoms with Gasteiger partial charge in [0.1, 0.15) is 0 Å². The van der Waals surface area contributed by atoms with Gasteiger partial charge in [0, 0.05) is 32.7 Å². The summed E-state index contributed by atoms with van der Waals surface area (Å²) < 4.78 is 16.9. The Morgan fingerprint density at radius 3 is 2.13 bits per heavy atom. The number of piperazine rings is 1. The Morgan fingerprint density at radius 2 is 1.61 bits per heavy atom. The zero-order chi connectivity index (χ0) is 16.7. The maximum Gasteiger partial charge on any atom is 0.203 e. The van der Waals surface area contributed by atoms with Gasteiger partial charge in [-0.1, -0.05) is 6.92 Å². The van der Waals surface area contributed by atoms with E-state index in [2.05, 4.69) is 23.8 Å². The number of hydrogen-bond acceptors (Lipinski definition) is 5. The highest BCUT2D eigenvalue weighted by atomic mass is 16.5. The zero-order valence-electron chi connectivity index (χ0n) is 14.9. The first-order valence-electron chi connectivity index (χ1n) is 8.46. The lowest BCUT2D eigenvalue weighted by atomic mass is 10.1. The molecule has 0 atom stereocenters. The first-order valence-corrected chi connectivity index (χ1v) is 8.46. The smallest absolute Gasteiger partial charge is 0.203 e. The molecular formula is C18H30N2O3. The Balaban J connectivity index is 1.87. The van der Waals surface area contributed by atoms with E-state index in [1.54, 1.807) is 14.2 Å². The van der Waals surface area contributed by atoms with E-state index in [4.69, 9.17) is 14.2 Å². The molecule has 1 saturated heterocycles. The minimum Gasteiger partial charge on any atom is -0.493 e. The minimum atomic E-state index is 0.671. The maximum atomic E-state index is 5.97. The summed E-state index contributed by atoms with van der Waals surface area (Å²) in [6.07, 6.45) is 1.95. The molecule has 0 aliphatic carbocycles. The predicted molar refractivity (Wildman–Crippen MR) is 93.0 cm³/mol. The quantitative estimate of drug-likeness (QED) is 0.686. The largest absolute Gasteiger partial charge is 0.493 e. The summed E-state index contributed by atoms with van der Waals surface area (Å²) >= 11 is 0. The zero-order valence-corrected chi connectivity index (χ0v) is 14.9. The lowest BCUT2D eigenvalue weighted by Gasteiger charge is -2.32. The van der Waals surface area contributed by atoms with Gasteiger partial charge in [-0.15, -0.1) is 0 Å². The molecule has 1 heterocycles. The third-order valence-corrected chi connectivity index (χ3v) is 4.39. The van der Waals surface area contributed by atoms with E-state index in [1.807, 2.05) is 12.1 Å². The molecule has 0 spiro atoms. The molecule has 1 aliphatic heterocycles. The average Bonchev–Trinajstić information content (AvgIpc) is 2.59. The Bertz CT molecular complexity index is 460. The molecule has 0 N–H and O–H groups in total. The second-order valence-electron chi connectivity index (χ2n) is 6.03. The van der Waals surface area contributed by atoms with Crippen LogP contribution in [0.25, 0.3) is 0 Å². The Kier molecular flexibility index (Phi) is 6.99. The number of nitrogens with zero attached hydrogens (tertiary/aromatic N) is 2. The van der Waals surface area contributed by atoms with Gasteiger partial charge in [-0.25, -0.2) is 0 Å². The summed E-state index contributed by atoms with van der Waals surface area (Å²) in [7, 11) is 5.52. The molecule has 0 unspecified atom stereocenters. The fourth-order valence-electron chi connectivity index (χ4n) is 2.81. The number of hydrogen-bond donors (Lipinski definition) is 0. The second kappa shape index (κ2) is 8.99. The molecule has 1 fully saturated rings. The summed E-state index contributed by atoms with van der Waals surface area (Å²) in [4.78, 5) is 4.87. The SMILES string of the molecule is CCc1cc(OC)c(OCCCN2CCN(C)CC2)c(OC)c1. The van der Waals surface area contributed by atoms with Crippen LogP contribution >= 0.6 is 0 Å². The van der Waals surface area contributed by atoms with Gasteiger partial charge in [-0.05, 0) is 37.6 Å². The molecule has 1 aromatic carbocycles. The summed E-state index contributed by atoms with van der Waals surface area (Å²) in [5.41, 5.74) is 1.18. The van der Waals surface area contributed by atoms with Crippen molar-refractivity contribution >= 4 is 0 Å². The van der Waals surface area contributed by atoms with Crippen molar-refractivity contribution in [1.82, 2.24) is 9.80 Å². The van der Waals surface area contributed by atoms with Crippen LogP contribution in [0.2, 0.25) is 0 Å². The van der Waals surface area contributed by atoms with E-state index in [0.29, 0.717) is 12.4 Å². The number of benzene rings is 1. The van der Waals surface area contributed by atoms with Crippen LogP contribution in [-0.2, 0) is 6.42 Å². The normalized spacial score (nSPS) is 16.3. The second-order valence-corrected chi connectivity index (χ2v) is 6.03. The van der Waals surface area contributed by atoms with Crippen molar-refractivity contribution in [2.75, 3.05) is 60.6 Å². The van der Waals surface area contributed by atoms with E-state index in [1.165, 1.54) is 5.56 Å². The Labute approximate surface area is 140 Å². The fourth-order valence-corrected chi connectivity index (χ4v) is 2.81. The molecule has 0 amide bonds. The van der Waals surface area contributed by atoms with Crippen molar-refractivity contribution < 1.29 is 14.2 Å². The van der Waals surface area contributed by atoms with Gasteiger partial charge >= 0.3 is 0 Å². The summed E-state index contributed by atoms with van der Waals surface area (Å²) in [6.45, 7) is 8.46. The van der Waals surface area contributed by atoms with E-state index < -0.39 is 0 Å². The van der Waals surface area contributed by atoms with Crippen molar-refractivity contribution in [3.8, 4) is 17.2 Å². The summed E-state index contributed by atoms with van der Waals surface area (Å²) in [5, 5.41) is 0. The predicted octanol–water partition coefficient (Wildman–Crippen LogP) is 2.28. The molecule has 1 aliphatic rings. The number of ether oxygens (including phenoxy) is 3. The van der Waals surface area contributed by atoms with Gasteiger partial charge in [-0.3, -0.25) is 0 Å². The monoisotopic (exact) mass is 322 g/mol. The lowest BCUT2D eigenvalue weighted by Crippen LogP contribution is -2.44. The van der Waals surface area contributed by atoms with Gasteiger partial charge in [-0.2, -0.15) is 0 Å². The first-order chi connectivity index (χ1) is 11.2. The highest BCUT2D eigenvalue weighted by Crippen LogP contribution is 2.38. The van der Waals surface area contributed by atoms with Gasteiger partial charge in [0.15, 0.2) is 11.5 Å². The van der Waals surface area contributed by atoms with E-state index in [-0.39, 0.29) is 0 Å². The van der Waals surface area contributed by atoms with Crippen molar-refractivity contribution in [2.24, 2.45) is 0 Å². The van der Waals surface area contributed by atoms with E-state index >= 15 is 0 Å². The Morgan fingerprint density at radius 1 is 1.00 bits per heavy atom. The van der Waals surface area contributed by atoms with Crippen molar-refractivity contribution in [1.29, 1.82) is 0 Å². The van der Waals surface area contributed by atoms with Crippen molar-refractivity contribution in [2.45, 2.75) is 19.8 Å². The molecule has 1 aromatic rings. The van der Waals surface area contributed by atoms with Gasteiger partial charge < -0.3 is 24.0 Å². The average molecular weight is 322 g/mol. The highest BCUT2D eigenvalue weighted by Gasteiger charge is 2.15. The highest BCUT2D eigenvalue weighted by molar-refractivity contribution is 5.53. The molecule has 0 bridgehead atoms. The minimum absolute atomic E-state index is 0.671. The van der Waals surface area contributed by atoms with Crippen LogP contribution in [0.5, 0.6) is 17.2 Å². The van der Waals surface area contributed by atoms with E-state index in [0.717, 1.165) is 57.1 Å². The molecule has 5 nitrogen and oxygen atoms in total. The standard InChI is InChI=1S/C18H30N2O3/c1-5-15-13-16(21-3)18(17(14-15)22-4)23-12-6-7-20-10-8-19(2)9-11-20/h13-14H,5-12H2,1-4H3. The number of likely N-dealkylation sites (N-methyl/N-ethyl adjacent to an activating group) is 1. The van der Waals surface area contributed by atoms with Gasteiger partial charge in [0.05, 0.1) is 20.8 Å². The third kappa shape index (κ3) is 5.01. The number of aryl methyl sites for hydroxylation is 1. The summed E-state index contributed by atoms with van der Waals surface area (Å²) in [6, 6.07) is 4.05. The molecule has 130 valence electrons. The van der Waals surface area contributed by atoms with Gasteiger partial charge in [0.2, 0.25) is 5.75 Å². The topological polar surface area (TPSA) is 34.2 Å². The maximum absolute atomic E-state index is 5.97. The molecular weight excluding hydrogens is 292 g/mol. The first kappa shape index (κ1) is 17.9. The summed E-state index contributed by atoms with van der Waals surface area (Å²) in [5.74, 6) is 2.21. The van der Waals surface area contributed by atoms with Crippen LogP contribution in [0.1, 0.15) is 18.9 Å². The number of methoxy groups -OCH3 is 2. The molecule has 2 rings (SSSR count). The van der Waals surface area contributed by atoms with Crippen LogP contribution in [0.3, 0.4) is 0 Å². The number of rotatable bonds is 8. The van der Waals surface area contributed by atoms with Crippen LogP contribution in [0.15, 0.2) is 12.1 Å². The molecule has 5 heteroatoms. The molecule has 0 radical (unpaired) electrons. The molecule has 0 aromatic heterocycles. The van der Waals surface area contributed by atoms with Crippen molar-refractivity contribution in [3.05, 3.63) is 17.7 Å². The fraction of sp³-hybridized carbons (Fsp3) is 0.667.